The van der Waals surface area contributed by atoms with Gasteiger partial charge in [0.15, 0.2) is 6.10 Å². The van der Waals surface area contributed by atoms with Gasteiger partial charge in [-0.3, -0.25) is 14.2 Å². The first kappa shape index (κ1) is 72.2. The minimum atomic E-state index is -4.64. The van der Waals surface area contributed by atoms with Gasteiger partial charge in [-0.2, -0.15) is 0 Å². The average molecular weight is 1080 g/mol. The first-order valence-electron chi connectivity index (χ1n) is 29.9. The number of likely N-dealkylation sites (N-methyl/N-ethyl adjacent to an activating group) is 1. The molecule has 0 fully saturated rings. The number of quaternary nitrogens is 1. The summed E-state index contributed by atoms with van der Waals surface area (Å²) in [4.78, 5) is 37.7. The third-order valence-corrected chi connectivity index (χ3v) is 13.1. The Morgan fingerprint density at radius 2 is 0.750 bits per heavy atom. The molecule has 0 aromatic carbocycles. The van der Waals surface area contributed by atoms with E-state index in [1.54, 1.807) is 0 Å². The molecule has 0 aliphatic carbocycles. The van der Waals surface area contributed by atoms with E-state index in [2.05, 4.69) is 148 Å². The first-order valence-corrected chi connectivity index (χ1v) is 31.4. The zero-order chi connectivity index (χ0) is 55.6. The minimum Gasteiger partial charge on any atom is -0.756 e. The molecule has 76 heavy (non-hydrogen) atoms. The van der Waals surface area contributed by atoms with Crippen molar-refractivity contribution in [3.05, 3.63) is 134 Å². The van der Waals surface area contributed by atoms with Crippen LogP contribution >= 0.6 is 7.82 Å². The van der Waals surface area contributed by atoms with E-state index in [0.29, 0.717) is 23.9 Å². The van der Waals surface area contributed by atoms with Crippen LogP contribution in [0.25, 0.3) is 0 Å². The van der Waals surface area contributed by atoms with E-state index in [4.69, 9.17) is 18.5 Å². The van der Waals surface area contributed by atoms with Gasteiger partial charge in [0.25, 0.3) is 7.82 Å². The van der Waals surface area contributed by atoms with Crippen molar-refractivity contribution >= 4 is 19.8 Å². The molecule has 0 saturated heterocycles. The summed E-state index contributed by atoms with van der Waals surface area (Å²) in [6.07, 6.45) is 80.9. The van der Waals surface area contributed by atoms with Gasteiger partial charge in [0.05, 0.1) is 27.7 Å². The van der Waals surface area contributed by atoms with Gasteiger partial charge in [-0.25, -0.2) is 0 Å². The predicted octanol–water partition coefficient (Wildman–Crippen LogP) is 18.3. The molecular weight excluding hydrogens is 966 g/mol. The van der Waals surface area contributed by atoms with E-state index in [9.17, 15) is 19.0 Å². The Morgan fingerprint density at radius 1 is 0.421 bits per heavy atom. The molecule has 0 aliphatic heterocycles. The topological polar surface area (TPSA) is 111 Å². The predicted molar refractivity (Wildman–Crippen MR) is 323 cm³/mol. The maximum atomic E-state index is 12.8. The van der Waals surface area contributed by atoms with Crippen LogP contribution < -0.4 is 4.89 Å². The van der Waals surface area contributed by atoms with E-state index < -0.39 is 32.5 Å². The van der Waals surface area contributed by atoms with Crippen molar-refractivity contribution in [2.45, 2.75) is 225 Å². The van der Waals surface area contributed by atoms with Gasteiger partial charge in [0.1, 0.15) is 19.8 Å². The van der Waals surface area contributed by atoms with E-state index in [0.717, 1.165) is 128 Å². The maximum Gasteiger partial charge on any atom is 0.306 e. The number of carbonyl (C=O) groups is 2. The largest absolute Gasteiger partial charge is 0.756 e. The molecule has 2 atom stereocenters. The summed E-state index contributed by atoms with van der Waals surface area (Å²) in [6.45, 7) is 4.04. The fourth-order valence-corrected chi connectivity index (χ4v) is 8.27. The highest BCUT2D eigenvalue weighted by Gasteiger charge is 2.21. The number of allylic oxidation sites excluding steroid dienone is 22. The van der Waals surface area contributed by atoms with Crippen molar-refractivity contribution < 1.29 is 42.1 Å². The average Bonchev–Trinajstić information content (AvgIpc) is 3.38. The Bertz CT molecular complexity index is 1740. The van der Waals surface area contributed by atoms with Gasteiger partial charge in [-0.1, -0.05) is 231 Å². The Balaban J connectivity index is 4.05. The van der Waals surface area contributed by atoms with Gasteiger partial charge in [0.2, 0.25) is 0 Å². The minimum absolute atomic E-state index is 0.0386. The molecule has 0 rings (SSSR count). The highest BCUT2D eigenvalue weighted by Crippen LogP contribution is 2.38. The van der Waals surface area contributed by atoms with Crippen LogP contribution in [0.2, 0.25) is 0 Å². The lowest BCUT2D eigenvalue weighted by Crippen LogP contribution is -2.37. The maximum absolute atomic E-state index is 12.8. The lowest BCUT2D eigenvalue weighted by atomic mass is 10.0. The molecule has 432 valence electrons. The van der Waals surface area contributed by atoms with Gasteiger partial charge in [-0.15, -0.1) is 0 Å². The summed E-state index contributed by atoms with van der Waals surface area (Å²) in [5.74, 6) is -0.858. The zero-order valence-corrected chi connectivity index (χ0v) is 49.8. The second kappa shape index (κ2) is 55.9. The molecule has 9 nitrogen and oxygen atoms in total. The van der Waals surface area contributed by atoms with Gasteiger partial charge in [-0.05, 0) is 109 Å². The van der Waals surface area contributed by atoms with Crippen LogP contribution in [0.15, 0.2) is 134 Å². The standard InChI is InChI=1S/C66H110NO8P/c1-6-8-10-12-14-16-18-19-20-21-22-23-24-25-26-27-28-29-30-31-32-33-34-35-36-37-38-39-40-41-42-43-44-45-46-47-49-51-53-55-57-59-66(69)75-64(63-74-76(70,71)73-61-60-67(3,4)5)62-72-65(68)58-56-54-52-50-48-17-15-13-11-9-7-2/h8,10,13-16,19-20,22-23,25-26,28-29,31-32,34-35,37-38,40-41,64H,6-7,9,11-12,17-18,21,24,27,30,33,36,39,42-63H2,1-5H3/b10-8-,15-13-,16-14-,20-19-,23-22-,26-25-,29-28-,32-31-,35-34-,38-37-,41-40-. The molecular formula is C66H110NO8P. The lowest BCUT2D eigenvalue weighted by molar-refractivity contribution is -0.870. The highest BCUT2D eigenvalue weighted by molar-refractivity contribution is 7.45. The molecule has 0 spiro atoms. The number of nitrogens with zero attached hydrogens (tertiary/aromatic N) is 1. The normalized spacial score (nSPS) is 14.2. The number of phosphoric acid groups is 1. The Hall–Kier alpha value is -3.85. The zero-order valence-electron chi connectivity index (χ0n) is 48.9. The summed E-state index contributed by atoms with van der Waals surface area (Å²) in [6, 6.07) is 0. The molecule has 0 aliphatic rings. The van der Waals surface area contributed by atoms with Crippen LogP contribution in [-0.2, 0) is 32.7 Å². The number of esters is 2. The van der Waals surface area contributed by atoms with Crippen LogP contribution in [-0.4, -0.2) is 70.0 Å². The van der Waals surface area contributed by atoms with Crippen LogP contribution in [0.1, 0.15) is 219 Å². The number of hydrogen-bond acceptors (Lipinski definition) is 8. The molecule has 0 N–H and O–H groups in total. The van der Waals surface area contributed by atoms with Crippen LogP contribution in [0.4, 0.5) is 0 Å². The molecule has 0 heterocycles. The number of carbonyl (C=O) groups excluding carboxylic acids is 2. The Morgan fingerprint density at radius 3 is 1.13 bits per heavy atom. The fraction of sp³-hybridized carbons (Fsp3) is 0.636. The Kier molecular flexibility index (Phi) is 53.1. The van der Waals surface area contributed by atoms with Crippen molar-refractivity contribution in [2.75, 3.05) is 47.5 Å². The number of rotatable bonds is 53. The fourth-order valence-electron chi connectivity index (χ4n) is 7.55. The van der Waals surface area contributed by atoms with E-state index >= 15 is 0 Å². The van der Waals surface area contributed by atoms with Gasteiger partial charge >= 0.3 is 11.9 Å². The van der Waals surface area contributed by atoms with Crippen LogP contribution in [0.5, 0.6) is 0 Å². The molecule has 0 amide bonds. The van der Waals surface area contributed by atoms with Crippen molar-refractivity contribution in [3.8, 4) is 0 Å². The van der Waals surface area contributed by atoms with E-state index in [1.165, 1.54) is 51.4 Å². The summed E-state index contributed by atoms with van der Waals surface area (Å²) in [7, 11) is 1.14. The summed E-state index contributed by atoms with van der Waals surface area (Å²) in [5.41, 5.74) is 0. The SMILES string of the molecule is CC/C=C\C/C=C\C/C=C\C/C=C\C/C=C\C/C=C\C/C=C\C/C=C\C/C=C\C/C=C\CCCCCCCCCCCCC(=O)OC(COC(=O)CCCCCCC/C=C\CCCC)COP(=O)([O-])OCC[N+](C)(C)C. The molecule has 0 aromatic rings. The van der Waals surface area contributed by atoms with E-state index in [1.807, 2.05) is 21.1 Å². The van der Waals surface area contributed by atoms with Crippen LogP contribution in [0, 0.1) is 0 Å². The van der Waals surface area contributed by atoms with Crippen molar-refractivity contribution in [2.24, 2.45) is 0 Å². The second-order valence-corrected chi connectivity index (χ2v) is 22.0. The summed E-state index contributed by atoms with van der Waals surface area (Å²) >= 11 is 0. The third-order valence-electron chi connectivity index (χ3n) is 12.2. The molecule has 0 aromatic heterocycles. The van der Waals surface area contributed by atoms with Gasteiger partial charge in [0, 0.05) is 12.8 Å². The summed E-state index contributed by atoms with van der Waals surface area (Å²) < 4.78 is 34.0. The van der Waals surface area contributed by atoms with Gasteiger partial charge < -0.3 is 27.9 Å². The van der Waals surface area contributed by atoms with Crippen molar-refractivity contribution in [1.29, 1.82) is 0 Å². The number of ether oxygens (including phenoxy) is 2. The summed E-state index contributed by atoms with van der Waals surface area (Å²) in [5, 5.41) is 0. The number of unbranched alkanes of at least 4 members (excludes halogenated alkanes) is 17. The Labute approximate surface area is 466 Å². The molecule has 0 saturated carbocycles. The van der Waals surface area contributed by atoms with Crippen molar-refractivity contribution in [1.82, 2.24) is 0 Å². The lowest BCUT2D eigenvalue weighted by Gasteiger charge is -2.28. The monoisotopic (exact) mass is 1080 g/mol. The third kappa shape index (κ3) is 59.4. The molecule has 0 radical (unpaired) electrons. The number of phosphoric ester groups is 1. The highest BCUT2D eigenvalue weighted by atomic mass is 31.2. The first-order chi connectivity index (χ1) is 37.0. The van der Waals surface area contributed by atoms with E-state index in [-0.39, 0.29) is 26.1 Å². The second-order valence-electron chi connectivity index (χ2n) is 20.6. The molecule has 2 unspecified atom stereocenters. The smallest absolute Gasteiger partial charge is 0.306 e. The molecule has 0 bridgehead atoms. The molecule has 10 heteroatoms. The van der Waals surface area contributed by atoms with Crippen molar-refractivity contribution in [3.63, 3.8) is 0 Å². The number of hydrogen-bond donors (Lipinski definition) is 0. The quantitative estimate of drug-likeness (QED) is 0.0195. The van der Waals surface area contributed by atoms with Crippen LogP contribution in [0.3, 0.4) is 0 Å².